The molecule has 0 aliphatic carbocycles. The van der Waals surface area contributed by atoms with Gasteiger partial charge in [-0.25, -0.2) is 4.98 Å². The minimum absolute atomic E-state index is 0.00948. The van der Waals surface area contributed by atoms with Crippen molar-refractivity contribution in [3.05, 3.63) is 36.2 Å². The third-order valence-corrected chi connectivity index (χ3v) is 3.78. The van der Waals surface area contributed by atoms with E-state index in [2.05, 4.69) is 10.3 Å². The first-order valence-corrected chi connectivity index (χ1v) is 7.89. The van der Waals surface area contributed by atoms with Crippen LogP contribution in [0, 0.1) is 17.2 Å². The Morgan fingerprint density at radius 2 is 2.21 bits per heavy atom. The van der Waals surface area contributed by atoms with E-state index in [9.17, 15) is 14.9 Å². The average molecular weight is 328 g/mol. The summed E-state index contributed by atoms with van der Waals surface area (Å²) in [6.07, 6.45) is 4.08. The molecule has 2 rings (SSSR count). The van der Waals surface area contributed by atoms with Gasteiger partial charge in [-0.2, -0.15) is 5.26 Å². The lowest BCUT2D eigenvalue weighted by Gasteiger charge is -2.30. The third kappa shape index (κ3) is 4.56. The van der Waals surface area contributed by atoms with E-state index >= 15 is 0 Å². The van der Waals surface area contributed by atoms with Crippen molar-refractivity contribution in [3.63, 3.8) is 0 Å². The molecule has 0 spiro atoms. The topological polar surface area (TPSA) is 95.3 Å². The number of esters is 1. The Bertz CT molecular complexity index is 644. The highest BCUT2D eigenvalue weighted by Crippen LogP contribution is 2.20. The molecule has 1 fully saturated rings. The highest BCUT2D eigenvalue weighted by molar-refractivity contribution is 5.97. The summed E-state index contributed by atoms with van der Waals surface area (Å²) < 4.78 is 5.01. The van der Waals surface area contributed by atoms with Crippen molar-refractivity contribution in [1.29, 1.82) is 5.26 Å². The van der Waals surface area contributed by atoms with Crippen molar-refractivity contribution in [2.75, 3.05) is 25.0 Å². The van der Waals surface area contributed by atoms with Gasteiger partial charge in [-0.3, -0.25) is 9.59 Å². The Morgan fingerprint density at radius 1 is 1.46 bits per heavy atom. The zero-order valence-corrected chi connectivity index (χ0v) is 13.6. The van der Waals surface area contributed by atoms with Crippen LogP contribution in [-0.2, 0) is 14.3 Å². The van der Waals surface area contributed by atoms with Gasteiger partial charge in [0, 0.05) is 25.5 Å². The number of rotatable bonds is 5. The van der Waals surface area contributed by atoms with Gasteiger partial charge in [-0.05, 0) is 31.9 Å². The van der Waals surface area contributed by atoms with Crippen LogP contribution in [0.15, 0.2) is 36.2 Å². The number of carbonyl (C=O) groups excluding carboxylic acids is 2. The molecule has 1 aliphatic rings. The number of amides is 1. The fourth-order valence-electron chi connectivity index (χ4n) is 2.48. The predicted molar refractivity (Wildman–Crippen MR) is 87.5 cm³/mol. The molecular formula is C17H20N4O3. The summed E-state index contributed by atoms with van der Waals surface area (Å²) in [5, 5.41) is 12.1. The molecule has 1 aromatic heterocycles. The van der Waals surface area contributed by atoms with Crippen LogP contribution in [0.4, 0.5) is 5.82 Å². The fourth-order valence-corrected chi connectivity index (χ4v) is 2.48. The largest absolute Gasteiger partial charge is 0.466 e. The molecule has 24 heavy (non-hydrogen) atoms. The first-order valence-electron chi connectivity index (χ1n) is 7.89. The molecule has 0 aromatic carbocycles. The second-order valence-corrected chi connectivity index (χ2v) is 5.35. The first kappa shape index (κ1) is 17.5. The summed E-state index contributed by atoms with van der Waals surface area (Å²) in [5.41, 5.74) is 0.00948. The maximum Gasteiger partial charge on any atom is 0.309 e. The number of piperidine rings is 1. The Kier molecular flexibility index (Phi) is 6.32. The summed E-state index contributed by atoms with van der Waals surface area (Å²) in [6, 6.07) is 7.23. The van der Waals surface area contributed by atoms with Crippen LogP contribution in [0.3, 0.4) is 0 Å². The minimum atomic E-state index is -0.344. The van der Waals surface area contributed by atoms with E-state index in [0.717, 1.165) is 0 Å². The number of hydrogen-bond acceptors (Lipinski definition) is 6. The van der Waals surface area contributed by atoms with Crippen LogP contribution in [-0.4, -0.2) is 41.5 Å². The van der Waals surface area contributed by atoms with Crippen LogP contribution in [0.25, 0.3) is 0 Å². The number of nitrogens with zero attached hydrogens (tertiary/aromatic N) is 3. The van der Waals surface area contributed by atoms with E-state index in [0.29, 0.717) is 38.4 Å². The minimum Gasteiger partial charge on any atom is -0.466 e. The highest BCUT2D eigenvalue weighted by atomic mass is 16.5. The molecule has 2 heterocycles. The molecule has 7 heteroatoms. The van der Waals surface area contributed by atoms with Gasteiger partial charge < -0.3 is 15.0 Å². The van der Waals surface area contributed by atoms with Gasteiger partial charge in [0.25, 0.3) is 5.91 Å². The SMILES string of the molecule is CCOC(=O)C1CCN(C(=O)/C(C#N)=C\Nc2ccccn2)CC1. The van der Waals surface area contributed by atoms with E-state index in [1.165, 1.54) is 6.20 Å². The number of hydrogen-bond donors (Lipinski definition) is 1. The maximum atomic E-state index is 12.4. The van der Waals surface area contributed by atoms with Crippen molar-refractivity contribution in [3.8, 4) is 6.07 Å². The van der Waals surface area contributed by atoms with Crippen LogP contribution >= 0.6 is 0 Å². The lowest BCUT2D eigenvalue weighted by atomic mass is 9.96. The van der Waals surface area contributed by atoms with Crippen LogP contribution in [0.5, 0.6) is 0 Å². The molecular weight excluding hydrogens is 308 g/mol. The predicted octanol–water partition coefficient (Wildman–Crippen LogP) is 1.70. The van der Waals surface area contributed by atoms with Crippen molar-refractivity contribution >= 4 is 17.7 Å². The molecule has 0 radical (unpaired) electrons. The Hall–Kier alpha value is -2.88. The van der Waals surface area contributed by atoms with Gasteiger partial charge in [0.1, 0.15) is 17.5 Å². The van der Waals surface area contributed by atoms with Gasteiger partial charge in [0.05, 0.1) is 12.5 Å². The number of anilines is 1. The number of nitriles is 1. The van der Waals surface area contributed by atoms with E-state index in [4.69, 9.17) is 4.74 Å². The molecule has 0 atom stereocenters. The third-order valence-electron chi connectivity index (χ3n) is 3.78. The second-order valence-electron chi connectivity index (χ2n) is 5.35. The summed E-state index contributed by atoms with van der Waals surface area (Å²) in [6.45, 7) is 3.00. The van der Waals surface area contributed by atoms with Crippen molar-refractivity contribution < 1.29 is 14.3 Å². The van der Waals surface area contributed by atoms with Gasteiger partial charge in [0.15, 0.2) is 0 Å². The number of nitrogens with one attached hydrogen (secondary N) is 1. The molecule has 0 bridgehead atoms. The monoisotopic (exact) mass is 328 g/mol. The van der Waals surface area contributed by atoms with Crippen molar-refractivity contribution in [2.45, 2.75) is 19.8 Å². The first-order chi connectivity index (χ1) is 11.7. The van der Waals surface area contributed by atoms with Gasteiger partial charge >= 0.3 is 5.97 Å². The quantitative estimate of drug-likeness (QED) is 0.502. The van der Waals surface area contributed by atoms with Crippen LogP contribution in [0.1, 0.15) is 19.8 Å². The molecule has 126 valence electrons. The fraction of sp³-hybridized carbons (Fsp3) is 0.412. The van der Waals surface area contributed by atoms with E-state index in [1.54, 1.807) is 36.2 Å². The van der Waals surface area contributed by atoms with Gasteiger partial charge in [-0.1, -0.05) is 6.07 Å². The van der Waals surface area contributed by atoms with Gasteiger partial charge in [0.2, 0.25) is 0 Å². The molecule has 7 nitrogen and oxygen atoms in total. The van der Waals surface area contributed by atoms with E-state index in [-0.39, 0.29) is 23.4 Å². The molecule has 1 N–H and O–H groups in total. The zero-order valence-electron chi connectivity index (χ0n) is 13.6. The van der Waals surface area contributed by atoms with E-state index in [1.807, 2.05) is 6.07 Å². The smallest absolute Gasteiger partial charge is 0.309 e. The summed E-state index contributed by atoms with van der Waals surface area (Å²) >= 11 is 0. The standard InChI is InChI=1S/C17H20N4O3/c1-2-24-17(23)13-6-9-21(10-7-13)16(22)14(11-18)12-20-15-5-3-4-8-19-15/h3-5,8,12-13H,2,6-7,9-10H2,1H3,(H,19,20)/b14-12-. The van der Waals surface area contributed by atoms with Crippen LogP contribution in [0.2, 0.25) is 0 Å². The molecule has 1 aliphatic heterocycles. The number of ether oxygens (including phenoxy) is 1. The second kappa shape index (κ2) is 8.67. The number of pyridine rings is 1. The Balaban J connectivity index is 1.93. The average Bonchev–Trinajstić information content (AvgIpc) is 2.63. The highest BCUT2D eigenvalue weighted by Gasteiger charge is 2.29. The van der Waals surface area contributed by atoms with E-state index < -0.39 is 0 Å². The Morgan fingerprint density at radius 3 is 2.79 bits per heavy atom. The summed E-state index contributed by atoms with van der Waals surface area (Å²) in [4.78, 5) is 29.8. The lowest BCUT2D eigenvalue weighted by molar-refractivity contribution is -0.150. The normalized spacial score (nSPS) is 15.5. The van der Waals surface area contributed by atoms with Crippen molar-refractivity contribution in [2.24, 2.45) is 5.92 Å². The Labute approximate surface area is 140 Å². The summed E-state index contributed by atoms with van der Waals surface area (Å²) in [7, 11) is 0. The number of likely N-dealkylation sites (tertiary alicyclic amines) is 1. The maximum absolute atomic E-state index is 12.4. The van der Waals surface area contributed by atoms with Crippen molar-refractivity contribution in [1.82, 2.24) is 9.88 Å². The zero-order chi connectivity index (χ0) is 17.4. The molecule has 0 unspecified atom stereocenters. The van der Waals surface area contributed by atoms with Crippen LogP contribution < -0.4 is 5.32 Å². The number of aromatic nitrogens is 1. The lowest BCUT2D eigenvalue weighted by Crippen LogP contribution is -2.41. The number of carbonyl (C=O) groups is 2. The molecule has 1 amide bonds. The molecule has 1 aromatic rings. The van der Waals surface area contributed by atoms with Gasteiger partial charge in [-0.15, -0.1) is 0 Å². The molecule has 0 saturated carbocycles. The molecule has 1 saturated heterocycles. The summed E-state index contributed by atoms with van der Waals surface area (Å²) in [5.74, 6) is -0.171.